The minimum absolute atomic E-state index is 0.119. The first kappa shape index (κ1) is 10.6. The summed E-state index contributed by atoms with van der Waals surface area (Å²) >= 11 is 0. The molecule has 0 amide bonds. The summed E-state index contributed by atoms with van der Waals surface area (Å²) in [6, 6.07) is 0. The highest BCUT2D eigenvalue weighted by atomic mass is 16.7. The first-order valence-corrected chi connectivity index (χ1v) is 6.51. The van der Waals surface area contributed by atoms with Gasteiger partial charge in [-0.2, -0.15) is 0 Å². The topological polar surface area (TPSA) is 38.8 Å². The highest BCUT2D eigenvalue weighted by molar-refractivity contribution is 5.79. The van der Waals surface area contributed by atoms with E-state index < -0.39 is 0 Å². The highest BCUT2D eigenvalue weighted by Gasteiger charge is 2.63. The van der Waals surface area contributed by atoms with Crippen molar-refractivity contribution in [2.24, 2.45) is 11.8 Å². The molecule has 4 unspecified atom stereocenters. The predicted molar refractivity (Wildman–Crippen MR) is 58.9 cm³/mol. The van der Waals surface area contributed by atoms with Crippen LogP contribution in [0.3, 0.4) is 0 Å². The van der Waals surface area contributed by atoms with E-state index in [-0.39, 0.29) is 17.7 Å². The van der Waals surface area contributed by atoms with Crippen LogP contribution < -0.4 is 0 Å². The van der Waals surface area contributed by atoms with Gasteiger partial charge in [0.15, 0.2) is 6.10 Å². The summed E-state index contributed by atoms with van der Waals surface area (Å²) in [5.41, 5.74) is -0.119. The molecule has 2 aliphatic carbocycles. The Hall–Kier alpha value is -0.570. The van der Waals surface area contributed by atoms with E-state index in [0.717, 1.165) is 24.7 Å². The molecule has 0 aromatic rings. The molecule has 3 heteroatoms. The van der Waals surface area contributed by atoms with E-state index in [0.29, 0.717) is 0 Å². The van der Waals surface area contributed by atoms with Gasteiger partial charge in [-0.05, 0) is 31.1 Å². The number of rotatable bonds is 1. The lowest BCUT2D eigenvalue weighted by atomic mass is 9.66. The van der Waals surface area contributed by atoms with Crippen LogP contribution >= 0.6 is 0 Å². The second-order valence-corrected chi connectivity index (χ2v) is 5.63. The van der Waals surface area contributed by atoms with Crippen LogP contribution in [0.4, 0.5) is 0 Å². The van der Waals surface area contributed by atoms with Crippen molar-refractivity contribution in [1.29, 1.82) is 0 Å². The molecular formula is C13H20O3. The van der Waals surface area contributed by atoms with Crippen molar-refractivity contribution in [1.82, 2.24) is 0 Å². The molecule has 0 aromatic heterocycles. The van der Waals surface area contributed by atoms with Gasteiger partial charge < -0.3 is 9.47 Å². The molecule has 0 bridgehead atoms. The van der Waals surface area contributed by atoms with Crippen molar-refractivity contribution in [3.05, 3.63) is 0 Å². The summed E-state index contributed by atoms with van der Waals surface area (Å²) in [5, 5.41) is 0. The van der Waals surface area contributed by atoms with Crippen LogP contribution in [0.1, 0.15) is 44.9 Å². The number of fused-ring (bicyclic) bond motifs is 1. The second-order valence-electron chi connectivity index (χ2n) is 5.63. The number of ether oxygens (including phenoxy) is 2. The van der Waals surface area contributed by atoms with Gasteiger partial charge in [-0.25, -0.2) is 4.79 Å². The quantitative estimate of drug-likeness (QED) is 0.506. The molecule has 2 saturated carbocycles. The van der Waals surface area contributed by atoms with E-state index in [1.807, 2.05) is 0 Å². The Bertz CT molecular complexity index is 302. The normalized spacial score (nSPS) is 46.2. The predicted octanol–water partition coefficient (Wildman–Crippen LogP) is 2.29. The number of carbonyl (C=O) groups excluding carboxylic acids is 1. The summed E-state index contributed by atoms with van der Waals surface area (Å²) in [5.74, 6) is 1.54. The van der Waals surface area contributed by atoms with Crippen molar-refractivity contribution in [3.63, 3.8) is 0 Å². The van der Waals surface area contributed by atoms with E-state index in [1.165, 1.54) is 39.2 Å². The monoisotopic (exact) mass is 224 g/mol. The summed E-state index contributed by atoms with van der Waals surface area (Å²) in [4.78, 5) is 11.5. The molecule has 3 fully saturated rings. The Morgan fingerprint density at radius 3 is 2.75 bits per heavy atom. The molecule has 3 rings (SSSR count). The Kier molecular flexibility index (Phi) is 2.46. The maximum absolute atomic E-state index is 11.5. The van der Waals surface area contributed by atoms with Crippen LogP contribution in [0, 0.1) is 11.8 Å². The molecule has 16 heavy (non-hydrogen) atoms. The summed E-state index contributed by atoms with van der Waals surface area (Å²) in [7, 11) is 1.45. The lowest BCUT2D eigenvalue weighted by Gasteiger charge is -2.38. The summed E-state index contributed by atoms with van der Waals surface area (Å²) in [6.45, 7) is 0. The third-order valence-electron chi connectivity index (χ3n) is 4.80. The number of hydrogen-bond acceptors (Lipinski definition) is 3. The average molecular weight is 224 g/mol. The van der Waals surface area contributed by atoms with E-state index in [4.69, 9.17) is 9.47 Å². The molecule has 0 radical (unpaired) electrons. The molecule has 1 heterocycles. The highest BCUT2D eigenvalue weighted by Crippen LogP contribution is 2.54. The number of carbonyl (C=O) groups is 1. The van der Waals surface area contributed by atoms with Gasteiger partial charge in [0.05, 0.1) is 7.11 Å². The van der Waals surface area contributed by atoms with Gasteiger partial charge in [-0.1, -0.05) is 25.7 Å². The van der Waals surface area contributed by atoms with Crippen molar-refractivity contribution in [3.8, 4) is 0 Å². The Morgan fingerprint density at radius 2 is 2.00 bits per heavy atom. The zero-order valence-electron chi connectivity index (χ0n) is 9.91. The van der Waals surface area contributed by atoms with Crippen molar-refractivity contribution < 1.29 is 14.3 Å². The van der Waals surface area contributed by atoms with Gasteiger partial charge in [0.1, 0.15) is 5.60 Å². The number of hydrogen-bond donors (Lipinski definition) is 0. The lowest BCUT2D eigenvalue weighted by Crippen LogP contribution is -2.35. The fraction of sp³-hybridized carbons (Fsp3) is 0.923. The number of esters is 1. The van der Waals surface area contributed by atoms with Crippen molar-refractivity contribution >= 4 is 5.97 Å². The Balaban J connectivity index is 1.66. The fourth-order valence-corrected chi connectivity index (χ4v) is 3.82. The van der Waals surface area contributed by atoms with Crippen molar-refractivity contribution in [2.45, 2.75) is 56.7 Å². The molecular weight excluding hydrogens is 204 g/mol. The number of methoxy groups -OCH3 is 1. The Morgan fingerprint density at radius 1 is 1.25 bits per heavy atom. The molecule has 3 aliphatic rings. The Labute approximate surface area is 96.5 Å². The average Bonchev–Trinajstić information content (AvgIpc) is 3.02. The standard InChI is InChI=1S/C13H20O3/c1-15-12(14)11-13(16-11)7-6-9-4-2-3-5-10(9)8-13/h9-11H,2-8H2,1H3. The van der Waals surface area contributed by atoms with E-state index in [1.54, 1.807) is 0 Å². The van der Waals surface area contributed by atoms with E-state index >= 15 is 0 Å². The summed E-state index contributed by atoms with van der Waals surface area (Å²) in [6.07, 6.45) is 8.65. The molecule has 1 saturated heterocycles. The van der Waals surface area contributed by atoms with Gasteiger partial charge >= 0.3 is 5.97 Å². The minimum Gasteiger partial charge on any atom is -0.467 e. The molecule has 1 aliphatic heterocycles. The first-order valence-electron chi connectivity index (χ1n) is 6.51. The van der Waals surface area contributed by atoms with Gasteiger partial charge in [-0.15, -0.1) is 0 Å². The van der Waals surface area contributed by atoms with Crippen LogP contribution in [-0.2, 0) is 14.3 Å². The third kappa shape index (κ3) is 1.56. The van der Waals surface area contributed by atoms with Crippen LogP contribution in [0.15, 0.2) is 0 Å². The van der Waals surface area contributed by atoms with Gasteiger partial charge in [0.2, 0.25) is 0 Å². The van der Waals surface area contributed by atoms with Crippen molar-refractivity contribution in [2.75, 3.05) is 7.11 Å². The molecule has 4 atom stereocenters. The van der Waals surface area contributed by atoms with Crippen LogP contribution in [0.2, 0.25) is 0 Å². The SMILES string of the molecule is COC(=O)C1OC12CCC1CCCCC1C2. The molecule has 0 N–H and O–H groups in total. The first-order chi connectivity index (χ1) is 7.75. The van der Waals surface area contributed by atoms with E-state index in [9.17, 15) is 4.79 Å². The number of epoxide rings is 1. The molecule has 0 aromatic carbocycles. The third-order valence-corrected chi connectivity index (χ3v) is 4.80. The van der Waals surface area contributed by atoms with Gasteiger partial charge in [0.25, 0.3) is 0 Å². The maximum Gasteiger partial charge on any atom is 0.338 e. The minimum atomic E-state index is -0.250. The summed E-state index contributed by atoms with van der Waals surface area (Å²) < 4.78 is 10.4. The second kappa shape index (κ2) is 3.73. The van der Waals surface area contributed by atoms with Gasteiger partial charge in [0, 0.05) is 0 Å². The zero-order chi connectivity index (χ0) is 11.2. The van der Waals surface area contributed by atoms with Crippen LogP contribution in [0.25, 0.3) is 0 Å². The molecule has 1 spiro atoms. The van der Waals surface area contributed by atoms with Crippen LogP contribution in [-0.4, -0.2) is 24.8 Å². The smallest absolute Gasteiger partial charge is 0.338 e. The largest absolute Gasteiger partial charge is 0.467 e. The maximum atomic E-state index is 11.5. The van der Waals surface area contributed by atoms with Gasteiger partial charge in [-0.3, -0.25) is 0 Å². The molecule has 3 nitrogen and oxygen atoms in total. The van der Waals surface area contributed by atoms with E-state index in [2.05, 4.69) is 0 Å². The zero-order valence-corrected chi connectivity index (χ0v) is 9.91. The lowest BCUT2D eigenvalue weighted by molar-refractivity contribution is -0.142. The van der Waals surface area contributed by atoms with Crippen LogP contribution in [0.5, 0.6) is 0 Å². The molecule has 90 valence electrons. The fourth-order valence-electron chi connectivity index (χ4n) is 3.82.